The topological polar surface area (TPSA) is 108 Å². The highest BCUT2D eigenvalue weighted by Gasteiger charge is 2.44. The minimum atomic E-state index is -1.19. The highest BCUT2D eigenvalue weighted by Crippen LogP contribution is 2.40. The van der Waals surface area contributed by atoms with E-state index in [0.29, 0.717) is 11.3 Å². The second-order valence-electron chi connectivity index (χ2n) is 7.03. The lowest BCUT2D eigenvalue weighted by Crippen LogP contribution is -2.44. The molecule has 0 radical (unpaired) electrons. The molecule has 3 rings (SSSR count). The van der Waals surface area contributed by atoms with E-state index >= 15 is 0 Å². The second-order valence-corrected chi connectivity index (χ2v) is 8.93. The first-order chi connectivity index (χ1) is 15.3. The van der Waals surface area contributed by atoms with Crippen LogP contribution >= 0.6 is 27.7 Å². The molecule has 2 amide bonds. The summed E-state index contributed by atoms with van der Waals surface area (Å²) in [6, 6.07) is 16.5. The molecule has 0 aliphatic carbocycles. The Labute approximate surface area is 198 Å². The van der Waals surface area contributed by atoms with Gasteiger partial charge in [-0.15, -0.1) is 0 Å². The molecule has 2 aromatic rings. The first kappa shape index (κ1) is 23.6. The number of nitriles is 1. The largest absolute Gasteiger partial charge is 0.468 e. The number of esters is 1. The third kappa shape index (κ3) is 5.21. The number of nitrogens with zero attached hydrogens (tertiary/aromatic N) is 1. The quantitative estimate of drug-likeness (QED) is 0.448. The average molecular weight is 514 g/mol. The van der Waals surface area contributed by atoms with Crippen LogP contribution in [0.25, 0.3) is 0 Å². The number of benzene rings is 2. The molecule has 32 heavy (non-hydrogen) atoms. The number of rotatable bonds is 6. The van der Waals surface area contributed by atoms with Crippen LogP contribution in [-0.4, -0.2) is 30.6 Å². The SMILES string of the molecule is COC(=O)[C@@H]1C(=O)NC(SCC(=O)Nc2ccc(Br)cc2C)=C(C#N)[C@H]1c1ccccc1. The molecule has 1 heterocycles. The van der Waals surface area contributed by atoms with Crippen LogP contribution in [0.1, 0.15) is 17.0 Å². The summed E-state index contributed by atoms with van der Waals surface area (Å²) in [6.07, 6.45) is 0. The Morgan fingerprint density at radius 1 is 1.25 bits per heavy atom. The fourth-order valence-corrected chi connectivity index (χ4v) is 4.76. The van der Waals surface area contributed by atoms with Gasteiger partial charge < -0.3 is 15.4 Å². The van der Waals surface area contributed by atoms with Gasteiger partial charge in [0, 0.05) is 16.1 Å². The number of hydrogen-bond acceptors (Lipinski definition) is 6. The van der Waals surface area contributed by atoms with Crippen molar-refractivity contribution in [2.75, 3.05) is 18.2 Å². The second kappa shape index (κ2) is 10.5. The zero-order chi connectivity index (χ0) is 23.3. The fourth-order valence-electron chi connectivity index (χ4n) is 3.43. The van der Waals surface area contributed by atoms with E-state index in [2.05, 4.69) is 32.6 Å². The molecular formula is C23H20BrN3O4S. The van der Waals surface area contributed by atoms with Gasteiger partial charge in [-0.05, 0) is 36.2 Å². The molecule has 7 nitrogen and oxygen atoms in total. The van der Waals surface area contributed by atoms with Crippen LogP contribution in [0.2, 0.25) is 0 Å². The summed E-state index contributed by atoms with van der Waals surface area (Å²) in [5, 5.41) is 15.6. The molecule has 2 atom stereocenters. The molecule has 0 saturated carbocycles. The van der Waals surface area contributed by atoms with E-state index < -0.39 is 23.7 Å². The molecule has 0 saturated heterocycles. The maximum Gasteiger partial charge on any atom is 0.319 e. The van der Waals surface area contributed by atoms with E-state index in [4.69, 9.17) is 4.74 Å². The third-order valence-electron chi connectivity index (χ3n) is 4.95. The van der Waals surface area contributed by atoms with Crippen molar-refractivity contribution in [1.29, 1.82) is 5.26 Å². The van der Waals surface area contributed by atoms with E-state index in [9.17, 15) is 19.6 Å². The van der Waals surface area contributed by atoms with Crippen molar-refractivity contribution in [3.8, 4) is 6.07 Å². The van der Waals surface area contributed by atoms with Crippen LogP contribution in [-0.2, 0) is 19.1 Å². The summed E-state index contributed by atoms with van der Waals surface area (Å²) in [4.78, 5) is 37.7. The predicted molar refractivity (Wildman–Crippen MR) is 125 cm³/mol. The Kier molecular flexibility index (Phi) is 7.72. The lowest BCUT2D eigenvalue weighted by molar-refractivity contribution is -0.150. The van der Waals surface area contributed by atoms with Crippen molar-refractivity contribution in [3.05, 3.63) is 74.7 Å². The van der Waals surface area contributed by atoms with Gasteiger partial charge >= 0.3 is 5.97 Å². The Balaban J connectivity index is 1.86. The van der Waals surface area contributed by atoms with Gasteiger partial charge in [-0.1, -0.05) is 58.0 Å². The number of ether oxygens (including phenoxy) is 1. The number of anilines is 1. The lowest BCUT2D eigenvalue weighted by Gasteiger charge is -2.30. The predicted octanol–water partition coefficient (Wildman–Crippen LogP) is 3.87. The third-order valence-corrected chi connectivity index (χ3v) is 6.46. The summed E-state index contributed by atoms with van der Waals surface area (Å²) >= 11 is 4.43. The van der Waals surface area contributed by atoms with Gasteiger partial charge in [-0.25, -0.2) is 0 Å². The number of halogens is 1. The van der Waals surface area contributed by atoms with Gasteiger partial charge in [-0.2, -0.15) is 5.26 Å². The van der Waals surface area contributed by atoms with Gasteiger partial charge in [0.1, 0.15) is 5.92 Å². The summed E-state index contributed by atoms with van der Waals surface area (Å²) in [5.74, 6) is -3.61. The maximum atomic E-state index is 12.8. The number of aryl methyl sites for hydroxylation is 1. The van der Waals surface area contributed by atoms with Crippen molar-refractivity contribution in [1.82, 2.24) is 5.32 Å². The number of carbonyl (C=O) groups excluding carboxylic acids is 3. The summed E-state index contributed by atoms with van der Waals surface area (Å²) < 4.78 is 5.72. The smallest absolute Gasteiger partial charge is 0.319 e. The van der Waals surface area contributed by atoms with Crippen LogP contribution in [0.15, 0.2) is 63.6 Å². The summed E-state index contributed by atoms with van der Waals surface area (Å²) in [7, 11) is 1.20. The monoisotopic (exact) mass is 513 g/mol. The van der Waals surface area contributed by atoms with Crippen molar-refractivity contribution in [2.24, 2.45) is 5.92 Å². The van der Waals surface area contributed by atoms with E-state index in [-0.39, 0.29) is 22.3 Å². The summed E-state index contributed by atoms with van der Waals surface area (Å²) in [6.45, 7) is 1.88. The minimum absolute atomic E-state index is 0.0271. The first-order valence-corrected chi connectivity index (χ1v) is 11.4. The van der Waals surface area contributed by atoms with Crippen LogP contribution < -0.4 is 10.6 Å². The number of hydrogen-bond donors (Lipinski definition) is 2. The lowest BCUT2D eigenvalue weighted by atomic mass is 9.78. The zero-order valence-electron chi connectivity index (χ0n) is 17.3. The molecule has 0 aromatic heterocycles. The van der Waals surface area contributed by atoms with Gasteiger partial charge in [0.2, 0.25) is 11.8 Å². The number of methoxy groups -OCH3 is 1. The Morgan fingerprint density at radius 3 is 2.59 bits per heavy atom. The Morgan fingerprint density at radius 2 is 1.97 bits per heavy atom. The van der Waals surface area contributed by atoms with Crippen LogP contribution in [0.4, 0.5) is 5.69 Å². The van der Waals surface area contributed by atoms with E-state index in [0.717, 1.165) is 21.8 Å². The van der Waals surface area contributed by atoms with Crippen molar-refractivity contribution >= 4 is 51.2 Å². The Bertz CT molecular complexity index is 1130. The van der Waals surface area contributed by atoms with Crippen LogP contribution in [0, 0.1) is 24.2 Å². The van der Waals surface area contributed by atoms with Gasteiger partial charge in [0.05, 0.1) is 29.5 Å². The molecule has 0 bridgehead atoms. The van der Waals surface area contributed by atoms with Crippen LogP contribution in [0.3, 0.4) is 0 Å². The molecular weight excluding hydrogens is 494 g/mol. The molecule has 0 fully saturated rings. The number of amides is 2. The van der Waals surface area contributed by atoms with E-state index in [1.54, 1.807) is 36.4 Å². The molecule has 9 heteroatoms. The zero-order valence-corrected chi connectivity index (χ0v) is 19.7. The fraction of sp³-hybridized carbons (Fsp3) is 0.217. The number of nitrogens with one attached hydrogen (secondary N) is 2. The molecule has 0 unspecified atom stereocenters. The van der Waals surface area contributed by atoms with Crippen molar-refractivity contribution < 1.29 is 19.1 Å². The average Bonchev–Trinajstić information content (AvgIpc) is 2.79. The highest BCUT2D eigenvalue weighted by atomic mass is 79.9. The number of carbonyl (C=O) groups is 3. The van der Waals surface area contributed by atoms with Crippen LogP contribution in [0.5, 0.6) is 0 Å². The molecule has 1 aliphatic heterocycles. The maximum absolute atomic E-state index is 12.8. The highest BCUT2D eigenvalue weighted by molar-refractivity contribution is 9.10. The minimum Gasteiger partial charge on any atom is -0.468 e. The van der Waals surface area contributed by atoms with Crippen molar-refractivity contribution in [2.45, 2.75) is 12.8 Å². The molecule has 2 aromatic carbocycles. The Hall–Kier alpha value is -3.09. The molecule has 1 aliphatic rings. The van der Waals surface area contributed by atoms with Gasteiger partial charge in [0.15, 0.2) is 0 Å². The molecule has 164 valence electrons. The molecule has 0 spiro atoms. The van der Waals surface area contributed by atoms with E-state index in [1.165, 1.54) is 7.11 Å². The van der Waals surface area contributed by atoms with Gasteiger partial charge in [0.25, 0.3) is 0 Å². The molecule has 2 N–H and O–H groups in total. The van der Waals surface area contributed by atoms with Gasteiger partial charge in [-0.3, -0.25) is 14.4 Å². The first-order valence-electron chi connectivity index (χ1n) is 9.62. The standard InChI is InChI=1S/C23H20BrN3O4S/c1-13-10-15(24)8-9-17(13)26-18(28)12-32-22-16(11-25)19(14-6-4-3-5-7-14)20(21(29)27-22)23(30)31-2/h3-10,19-20H,12H2,1-2H3,(H,26,28)(H,27,29)/t19-,20+/m1/s1. The number of thioether (sulfide) groups is 1. The normalized spacial score (nSPS) is 17.9. The number of allylic oxidation sites excluding steroid dienone is 1. The summed E-state index contributed by atoms with van der Waals surface area (Å²) in [5.41, 5.74) is 2.42. The van der Waals surface area contributed by atoms with Crippen molar-refractivity contribution in [3.63, 3.8) is 0 Å². The van der Waals surface area contributed by atoms with E-state index in [1.807, 2.05) is 19.1 Å².